The van der Waals surface area contributed by atoms with E-state index in [9.17, 15) is 4.79 Å². The summed E-state index contributed by atoms with van der Waals surface area (Å²) in [6, 6.07) is 7.74. The number of benzene rings is 1. The molecule has 0 aliphatic heterocycles. The lowest BCUT2D eigenvalue weighted by molar-refractivity contribution is 0.262. The standard InChI is InChI=1S/C15H16N4OS/c1-3-19-8-12(11-6-4-5-7-13(11)19)17-14(20)18-15-16-10(2)9-21-15/h4-9H,3H2,1-2H3,(H2,16,17,18,20). The van der Waals surface area contributed by atoms with E-state index in [2.05, 4.69) is 27.1 Å². The number of rotatable bonds is 3. The second-order valence-corrected chi connectivity index (χ2v) is 5.58. The van der Waals surface area contributed by atoms with Gasteiger partial charge in [0.05, 0.1) is 16.9 Å². The Morgan fingerprint density at radius 3 is 2.86 bits per heavy atom. The van der Waals surface area contributed by atoms with Crippen LogP contribution < -0.4 is 10.6 Å². The summed E-state index contributed by atoms with van der Waals surface area (Å²) in [7, 11) is 0. The van der Waals surface area contributed by atoms with Crippen molar-refractivity contribution < 1.29 is 4.79 Å². The SMILES string of the molecule is CCn1cc(NC(=O)Nc2nc(C)cs2)c2ccccc21. The van der Waals surface area contributed by atoms with Gasteiger partial charge >= 0.3 is 6.03 Å². The summed E-state index contributed by atoms with van der Waals surface area (Å²) in [6.07, 6.45) is 1.96. The first-order valence-electron chi connectivity index (χ1n) is 6.75. The largest absolute Gasteiger partial charge is 0.346 e. The van der Waals surface area contributed by atoms with Crippen molar-refractivity contribution in [3.8, 4) is 0 Å². The van der Waals surface area contributed by atoms with E-state index in [1.807, 2.05) is 42.8 Å². The van der Waals surface area contributed by atoms with E-state index < -0.39 is 0 Å². The fourth-order valence-corrected chi connectivity index (χ4v) is 2.95. The predicted octanol–water partition coefficient (Wildman–Crippen LogP) is 4.07. The molecule has 0 atom stereocenters. The van der Waals surface area contributed by atoms with Gasteiger partial charge in [0.25, 0.3) is 0 Å². The van der Waals surface area contributed by atoms with Gasteiger partial charge in [-0.25, -0.2) is 9.78 Å². The molecule has 0 aliphatic carbocycles. The molecule has 0 aliphatic rings. The Hall–Kier alpha value is -2.34. The summed E-state index contributed by atoms with van der Waals surface area (Å²) in [5.74, 6) is 0. The monoisotopic (exact) mass is 300 g/mol. The van der Waals surface area contributed by atoms with Crippen molar-refractivity contribution in [1.82, 2.24) is 9.55 Å². The molecule has 5 nitrogen and oxygen atoms in total. The Kier molecular flexibility index (Phi) is 3.62. The quantitative estimate of drug-likeness (QED) is 0.766. The molecular weight excluding hydrogens is 284 g/mol. The molecule has 2 N–H and O–H groups in total. The van der Waals surface area contributed by atoms with Gasteiger partial charge in [-0.2, -0.15) is 0 Å². The number of nitrogens with zero attached hydrogens (tertiary/aromatic N) is 2. The van der Waals surface area contributed by atoms with Crippen LogP contribution in [0.4, 0.5) is 15.6 Å². The number of nitrogens with one attached hydrogen (secondary N) is 2. The number of aryl methyl sites for hydroxylation is 2. The van der Waals surface area contributed by atoms with Crippen LogP contribution in [0.3, 0.4) is 0 Å². The maximum atomic E-state index is 12.1. The zero-order chi connectivity index (χ0) is 14.8. The number of thiazole rings is 1. The highest BCUT2D eigenvalue weighted by Gasteiger charge is 2.11. The number of para-hydroxylation sites is 1. The molecule has 21 heavy (non-hydrogen) atoms. The van der Waals surface area contributed by atoms with E-state index in [-0.39, 0.29) is 6.03 Å². The number of carbonyl (C=O) groups excluding carboxylic acids is 1. The molecule has 0 radical (unpaired) electrons. The first-order valence-corrected chi connectivity index (χ1v) is 7.63. The number of urea groups is 1. The van der Waals surface area contributed by atoms with Crippen LogP contribution in [-0.2, 0) is 6.54 Å². The Labute approximate surface area is 126 Å². The van der Waals surface area contributed by atoms with E-state index in [1.54, 1.807) is 0 Å². The molecule has 3 rings (SSSR count). The zero-order valence-corrected chi connectivity index (χ0v) is 12.7. The summed E-state index contributed by atoms with van der Waals surface area (Å²) in [6.45, 7) is 4.83. The molecule has 3 aromatic rings. The minimum absolute atomic E-state index is 0.275. The molecule has 1 aromatic carbocycles. The number of amides is 2. The van der Waals surface area contributed by atoms with Gasteiger partial charge in [-0.3, -0.25) is 5.32 Å². The van der Waals surface area contributed by atoms with Gasteiger partial charge in [0, 0.05) is 23.5 Å². The highest BCUT2D eigenvalue weighted by atomic mass is 32.1. The number of carbonyl (C=O) groups is 1. The third kappa shape index (κ3) is 2.75. The maximum absolute atomic E-state index is 12.1. The smallest absolute Gasteiger partial charge is 0.325 e. The number of fused-ring (bicyclic) bond motifs is 1. The number of aromatic nitrogens is 2. The van der Waals surface area contributed by atoms with Gasteiger partial charge in [-0.15, -0.1) is 11.3 Å². The van der Waals surface area contributed by atoms with Gasteiger partial charge in [-0.1, -0.05) is 18.2 Å². The first kappa shape index (κ1) is 13.6. The van der Waals surface area contributed by atoms with Crippen molar-refractivity contribution in [3.63, 3.8) is 0 Å². The minimum Gasteiger partial charge on any atom is -0.346 e. The summed E-state index contributed by atoms with van der Waals surface area (Å²) in [5, 5.41) is 9.18. The third-order valence-electron chi connectivity index (χ3n) is 3.22. The van der Waals surface area contributed by atoms with Crippen LogP contribution in [0.2, 0.25) is 0 Å². The Morgan fingerprint density at radius 1 is 1.33 bits per heavy atom. The van der Waals surface area contributed by atoms with E-state index >= 15 is 0 Å². The van der Waals surface area contributed by atoms with Gasteiger partial charge in [0.15, 0.2) is 5.13 Å². The van der Waals surface area contributed by atoms with Crippen molar-refractivity contribution in [2.24, 2.45) is 0 Å². The lowest BCUT2D eigenvalue weighted by Gasteiger charge is -2.03. The molecule has 0 fully saturated rings. The van der Waals surface area contributed by atoms with Gasteiger partial charge in [0.1, 0.15) is 0 Å². The minimum atomic E-state index is -0.275. The van der Waals surface area contributed by atoms with E-state index in [0.717, 1.165) is 28.8 Å². The molecule has 0 saturated carbocycles. The molecule has 0 unspecified atom stereocenters. The molecule has 0 saturated heterocycles. The molecule has 2 heterocycles. The molecule has 108 valence electrons. The maximum Gasteiger partial charge on any atom is 0.325 e. The molecule has 2 aromatic heterocycles. The predicted molar refractivity (Wildman–Crippen MR) is 87.1 cm³/mol. The van der Waals surface area contributed by atoms with Crippen LogP contribution >= 0.6 is 11.3 Å². The van der Waals surface area contributed by atoms with Crippen molar-refractivity contribution in [2.75, 3.05) is 10.6 Å². The Balaban J connectivity index is 1.83. The van der Waals surface area contributed by atoms with Crippen molar-refractivity contribution in [1.29, 1.82) is 0 Å². The summed E-state index contributed by atoms with van der Waals surface area (Å²) in [4.78, 5) is 16.3. The van der Waals surface area contributed by atoms with Gasteiger partial charge < -0.3 is 9.88 Å². The van der Waals surface area contributed by atoms with E-state index in [4.69, 9.17) is 0 Å². The van der Waals surface area contributed by atoms with Crippen LogP contribution in [0, 0.1) is 6.92 Å². The highest BCUT2D eigenvalue weighted by molar-refractivity contribution is 7.13. The molecule has 0 bridgehead atoms. The number of anilines is 2. The lowest BCUT2D eigenvalue weighted by atomic mass is 10.2. The van der Waals surface area contributed by atoms with Crippen LogP contribution in [-0.4, -0.2) is 15.6 Å². The fourth-order valence-electron chi connectivity index (χ4n) is 2.27. The molecular formula is C15H16N4OS. The topological polar surface area (TPSA) is 59.0 Å². The van der Waals surface area contributed by atoms with E-state index in [1.165, 1.54) is 11.3 Å². The van der Waals surface area contributed by atoms with Crippen LogP contribution in [0.1, 0.15) is 12.6 Å². The second-order valence-electron chi connectivity index (χ2n) is 4.72. The second kappa shape index (κ2) is 5.57. The summed E-state index contributed by atoms with van der Waals surface area (Å²) >= 11 is 1.41. The first-order chi connectivity index (χ1) is 10.2. The highest BCUT2D eigenvalue weighted by Crippen LogP contribution is 2.26. The van der Waals surface area contributed by atoms with Crippen LogP contribution in [0.15, 0.2) is 35.8 Å². The van der Waals surface area contributed by atoms with Crippen molar-refractivity contribution in [2.45, 2.75) is 20.4 Å². The summed E-state index contributed by atoms with van der Waals surface area (Å²) < 4.78 is 2.11. The zero-order valence-electron chi connectivity index (χ0n) is 11.9. The lowest BCUT2D eigenvalue weighted by Crippen LogP contribution is -2.19. The molecule has 6 heteroatoms. The normalized spacial score (nSPS) is 10.8. The average molecular weight is 300 g/mol. The summed E-state index contributed by atoms with van der Waals surface area (Å²) in [5.41, 5.74) is 2.82. The van der Waals surface area contributed by atoms with Crippen molar-refractivity contribution >= 4 is 39.1 Å². The average Bonchev–Trinajstić information content (AvgIpc) is 3.03. The molecule has 2 amide bonds. The van der Waals surface area contributed by atoms with Gasteiger partial charge in [-0.05, 0) is 19.9 Å². The van der Waals surface area contributed by atoms with Crippen LogP contribution in [0.25, 0.3) is 10.9 Å². The number of hydrogen-bond donors (Lipinski definition) is 2. The van der Waals surface area contributed by atoms with Crippen LogP contribution in [0.5, 0.6) is 0 Å². The van der Waals surface area contributed by atoms with Crippen molar-refractivity contribution in [3.05, 3.63) is 41.5 Å². The Morgan fingerprint density at radius 2 is 2.14 bits per heavy atom. The Bertz CT molecular complexity index is 790. The number of hydrogen-bond acceptors (Lipinski definition) is 3. The third-order valence-corrected chi connectivity index (χ3v) is 4.09. The molecule has 0 spiro atoms. The van der Waals surface area contributed by atoms with Gasteiger partial charge in [0.2, 0.25) is 0 Å². The van der Waals surface area contributed by atoms with E-state index in [0.29, 0.717) is 5.13 Å². The fraction of sp³-hybridized carbons (Fsp3) is 0.200.